The molecule has 1 amide bonds. The van der Waals surface area contributed by atoms with Crippen molar-refractivity contribution >= 4 is 27.5 Å². The van der Waals surface area contributed by atoms with Crippen LogP contribution in [0.2, 0.25) is 0 Å². The Kier molecular flexibility index (Phi) is 3.81. The Balaban J connectivity index is 1.93. The summed E-state index contributed by atoms with van der Waals surface area (Å²) < 4.78 is 4.14. The van der Waals surface area contributed by atoms with E-state index in [1.807, 2.05) is 37.4 Å². The van der Waals surface area contributed by atoms with E-state index in [-0.39, 0.29) is 5.91 Å². The lowest BCUT2D eigenvalue weighted by Gasteiger charge is -2.11. The highest BCUT2D eigenvalue weighted by molar-refractivity contribution is 9.10. The smallest absolute Gasteiger partial charge is 0.273 e. The summed E-state index contributed by atoms with van der Waals surface area (Å²) in [4.78, 5) is 12.4. The van der Waals surface area contributed by atoms with Crippen LogP contribution in [-0.2, 0) is 7.05 Å². The van der Waals surface area contributed by atoms with Gasteiger partial charge in [0.1, 0.15) is 5.69 Å². The molecule has 6 nitrogen and oxygen atoms in total. The van der Waals surface area contributed by atoms with Crippen molar-refractivity contribution in [3.8, 4) is 5.69 Å². The van der Waals surface area contributed by atoms with E-state index in [9.17, 15) is 4.79 Å². The monoisotopic (exact) mass is 359 g/mol. The first kappa shape index (κ1) is 14.5. The average molecular weight is 360 g/mol. The Bertz CT molecular complexity index is 836. The van der Waals surface area contributed by atoms with E-state index < -0.39 is 0 Å². The zero-order valence-corrected chi connectivity index (χ0v) is 13.7. The number of rotatable bonds is 3. The number of nitrogens with zero attached hydrogens (tertiary/aromatic N) is 4. The zero-order valence-electron chi connectivity index (χ0n) is 12.1. The standard InChI is InChI=1S/C15H14BrN5O/c1-10-7-14(20(2)19-10)15(22)18-12-5-3-4-6-13(12)21-9-11(16)8-17-21/h3-9H,1-2H3,(H,18,22). The van der Waals surface area contributed by atoms with E-state index in [1.54, 1.807) is 28.7 Å². The third-order valence-electron chi connectivity index (χ3n) is 3.18. The minimum Gasteiger partial charge on any atom is -0.319 e. The van der Waals surface area contributed by atoms with E-state index in [0.29, 0.717) is 11.4 Å². The van der Waals surface area contributed by atoms with Gasteiger partial charge in [0.25, 0.3) is 5.91 Å². The Morgan fingerprint density at radius 3 is 2.73 bits per heavy atom. The number of benzene rings is 1. The van der Waals surface area contributed by atoms with Gasteiger partial charge < -0.3 is 5.32 Å². The molecule has 3 aromatic rings. The number of aromatic nitrogens is 4. The van der Waals surface area contributed by atoms with Gasteiger partial charge in [0.2, 0.25) is 0 Å². The molecule has 0 aliphatic rings. The SMILES string of the molecule is Cc1cc(C(=O)Nc2ccccc2-n2cc(Br)cn2)n(C)n1. The molecule has 3 rings (SSSR count). The molecule has 1 aromatic carbocycles. The molecule has 0 saturated carbocycles. The van der Waals surface area contributed by atoms with Crippen molar-refractivity contribution < 1.29 is 4.79 Å². The topological polar surface area (TPSA) is 64.7 Å². The van der Waals surface area contributed by atoms with Crippen molar-refractivity contribution in [3.63, 3.8) is 0 Å². The van der Waals surface area contributed by atoms with Gasteiger partial charge >= 0.3 is 0 Å². The zero-order chi connectivity index (χ0) is 15.7. The molecule has 7 heteroatoms. The molecule has 1 N–H and O–H groups in total. The molecule has 0 unspecified atom stereocenters. The summed E-state index contributed by atoms with van der Waals surface area (Å²) in [6.45, 7) is 1.85. The second-order valence-corrected chi connectivity index (χ2v) is 5.78. The second kappa shape index (κ2) is 5.76. The summed E-state index contributed by atoms with van der Waals surface area (Å²) in [5.74, 6) is -0.207. The van der Waals surface area contributed by atoms with Crippen LogP contribution in [-0.4, -0.2) is 25.5 Å². The van der Waals surface area contributed by atoms with Gasteiger partial charge in [-0.3, -0.25) is 9.48 Å². The quantitative estimate of drug-likeness (QED) is 0.781. The number of carbonyl (C=O) groups excluding carboxylic acids is 1. The van der Waals surface area contributed by atoms with Crippen LogP contribution >= 0.6 is 15.9 Å². The number of para-hydroxylation sites is 2. The molecule has 0 saturated heterocycles. The molecular weight excluding hydrogens is 346 g/mol. The first-order valence-electron chi connectivity index (χ1n) is 6.66. The molecule has 2 aromatic heterocycles. The maximum atomic E-state index is 12.4. The maximum Gasteiger partial charge on any atom is 0.273 e. The van der Waals surface area contributed by atoms with E-state index in [0.717, 1.165) is 15.9 Å². The van der Waals surface area contributed by atoms with Crippen molar-refractivity contribution in [2.75, 3.05) is 5.32 Å². The molecule has 0 fully saturated rings. The summed E-state index contributed by atoms with van der Waals surface area (Å²) in [5.41, 5.74) is 2.79. The fourth-order valence-electron chi connectivity index (χ4n) is 2.22. The number of halogens is 1. The van der Waals surface area contributed by atoms with Crippen LogP contribution in [0.4, 0.5) is 5.69 Å². The lowest BCUT2D eigenvalue weighted by molar-refractivity contribution is 0.101. The summed E-state index contributed by atoms with van der Waals surface area (Å²) in [5, 5.41) is 11.4. The molecule has 2 heterocycles. The minimum atomic E-state index is -0.207. The summed E-state index contributed by atoms with van der Waals surface area (Å²) in [6.07, 6.45) is 3.53. The van der Waals surface area contributed by atoms with Crippen LogP contribution in [0.1, 0.15) is 16.2 Å². The Morgan fingerprint density at radius 2 is 2.09 bits per heavy atom. The third-order valence-corrected chi connectivity index (χ3v) is 3.59. The van der Waals surface area contributed by atoms with Crippen LogP contribution in [0.25, 0.3) is 5.69 Å². The summed E-state index contributed by atoms with van der Waals surface area (Å²) in [6, 6.07) is 9.25. The molecule has 112 valence electrons. The fourth-order valence-corrected chi connectivity index (χ4v) is 2.51. The Labute approximate surface area is 135 Å². The van der Waals surface area contributed by atoms with Crippen LogP contribution in [0.3, 0.4) is 0 Å². The predicted molar refractivity (Wildman–Crippen MR) is 87.2 cm³/mol. The van der Waals surface area contributed by atoms with Gasteiger partial charge in [0.15, 0.2) is 0 Å². The highest BCUT2D eigenvalue weighted by Gasteiger charge is 2.14. The van der Waals surface area contributed by atoms with Crippen molar-refractivity contribution in [1.29, 1.82) is 0 Å². The van der Waals surface area contributed by atoms with Crippen LogP contribution in [0, 0.1) is 6.92 Å². The molecular formula is C15H14BrN5O. The minimum absolute atomic E-state index is 0.207. The highest BCUT2D eigenvalue weighted by atomic mass is 79.9. The van der Waals surface area contributed by atoms with Gasteiger partial charge in [-0.25, -0.2) is 4.68 Å². The summed E-state index contributed by atoms with van der Waals surface area (Å²) in [7, 11) is 1.75. The van der Waals surface area contributed by atoms with Gasteiger partial charge in [0.05, 0.1) is 27.7 Å². The fraction of sp³-hybridized carbons (Fsp3) is 0.133. The number of nitrogens with one attached hydrogen (secondary N) is 1. The van der Waals surface area contributed by atoms with Gasteiger partial charge in [0, 0.05) is 13.2 Å². The van der Waals surface area contributed by atoms with Gasteiger partial charge in [-0.05, 0) is 41.1 Å². The van der Waals surface area contributed by atoms with Crippen molar-refractivity contribution in [2.24, 2.45) is 7.05 Å². The molecule has 0 bridgehead atoms. The van der Waals surface area contributed by atoms with Crippen molar-refractivity contribution in [2.45, 2.75) is 6.92 Å². The molecule has 0 aliphatic carbocycles. The average Bonchev–Trinajstić information content (AvgIpc) is 3.05. The first-order chi connectivity index (χ1) is 10.5. The van der Waals surface area contributed by atoms with Gasteiger partial charge in [-0.15, -0.1) is 0 Å². The van der Waals surface area contributed by atoms with Crippen LogP contribution < -0.4 is 5.32 Å². The number of anilines is 1. The normalized spacial score (nSPS) is 10.7. The number of amides is 1. The van der Waals surface area contributed by atoms with E-state index in [4.69, 9.17) is 0 Å². The second-order valence-electron chi connectivity index (χ2n) is 4.87. The van der Waals surface area contributed by atoms with Crippen LogP contribution in [0.5, 0.6) is 0 Å². The Hall–Kier alpha value is -2.41. The molecule has 0 atom stereocenters. The van der Waals surface area contributed by atoms with Crippen molar-refractivity contribution in [3.05, 3.63) is 58.6 Å². The number of aryl methyl sites for hydroxylation is 2. The van der Waals surface area contributed by atoms with Crippen molar-refractivity contribution in [1.82, 2.24) is 19.6 Å². The lowest BCUT2D eigenvalue weighted by atomic mass is 10.2. The number of hydrogen-bond acceptors (Lipinski definition) is 3. The third kappa shape index (κ3) is 2.80. The Morgan fingerprint density at radius 1 is 1.32 bits per heavy atom. The lowest BCUT2D eigenvalue weighted by Crippen LogP contribution is -2.17. The van der Waals surface area contributed by atoms with Crippen LogP contribution in [0.15, 0.2) is 47.2 Å². The first-order valence-corrected chi connectivity index (χ1v) is 7.45. The predicted octanol–water partition coefficient (Wildman–Crippen LogP) is 2.93. The number of hydrogen-bond donors (Lipinski definition) is 1. The molecule has 0 spiro atoms. The van der Waals surface area contributed by atoms with E-state index in [2.05, 4.69) is 31.4 Å². The number of carbonyl (C=O) groups is 1. The summed E-state index contributed by atoms with van der Waals surface area (Å²) >= 11 is 3.37. The maximum absolute atomic E-state index is 12.4. The molecule has 22 heavy (non-hydrogen) atoms. The van der Waals surface area contributed by atoms with E-state index in [1.165, 1.54) is 0 Å². The van der Waals surface area contributed by atoms with Gasteiger partial charge in [-0.1, -0.05) is 12.1 Å². The van der Waals surface area contributed by atoms with E-state index >= 15 is 0 Å². The van der Waals surface area contributed by atoms with Gasteiger partial charge in [-0.2, -0.15) is 10.2 Å². The molecule has 0 radical (unpaired) electrons. The largest absolute Gasteiger partial charge is 0.319 e. The highest BCUT2D eigenvalue weighted by Crippen LogP contribution is 2.21. The molecule has 0 aliphatic heterocycles.